The quantitative estimate of drug-likeness (QED) is 0.789. The maximum atomic E-state index is 14.1. The van der Waals surface area contributed by atoms with Crippen molar-refractivity contribution in [3.05, 3.63) is 57.0 Å². The van der Waals surface area contributed by atoms with Crippen molar-refractivity contribution in [3.8, 4) is 11.1 Å². The van der Waals surface area contributed by atoms with Gasteiger partial charge in [0.15, 0.2) is 16.6 Å². The predicted molar refractivity (Wildman–Crippen MR) is 82.0 cm³/mol. The predicted octanol–water partition coefficient (Wildman–Crippen LogP) is 3.03. The van der Waals surface area contributed by atoms with Gasteiger partial charge in [0.05, 0.1) is 11.3 Å². The topological polar surface area (TPSA) is 60.4 Å². The van der Waals surface area contributed by atoms with Crippen molar-refractivity contribution in [2.24, 2.45) is 5.73 Å². The van der Waals surface area contributed by atoms with E-state index in [0.717, 1.165) is 6.07 Å². The van der Waals surface area contributed by atoms with E-state index in [9.17, 15) is 13.6 Å². The Kier molecular flexibility index (Phi) is 3.54. The van der Waals surface area contributed by atoms with Gasteiger partial charge in [-0.3, -0.25) is 9.20 Å². The number of aryl methyl sites for hydroxylation is 1. The lowest BCUT2D eigenvalue weighted by Gasteiger charge is -2.13. The summed E-state index contributed by atoms with van der Waals surface area (Å²) in [6.07, 6.45) is 0. The summed E-state index contributed by atoms with van der Waals surface area (Å²) in [6, 6.07) is 3.13. The lowest BCUT2D eigenvalue weighted by molar-refractivity contribution is 0.511. The second-order valence-corrected chi connectivity index (χ2v) is 5.90. The Balaban J connectivity index is 2.48. The highest BCUT2D eigenvalue weighted by molar-refractivity contribution is 7.15. The number of aromatic nitrogens is 2. The number of thiazole rings is 1. The van der Waals surface area contributed by atoms with Gasteiger partial charge in [-0.05, 0) is 19.9 Å². The minimum atomic E-state index is -1.07. The van der Waals surface area contributed by atoms with Crippen LogP contribution in [0, 0.1) is 18.6 Å². The van der Waals surface area contributed by atoms with E-state index in [2.05, 4.69) is 4.98 Å². The smallest absolute Gasteiger partial charge is 0.267 e. The molecule has 0 fully saturated rings. The van der Waals surface area contributed by atoms with Crippen LogP contribution in [0.4, 0.5) is 8.78 Å². The first-order valence-electron chi connectivity index (χ1n) is 6.62. The van der Waals surface area contributed by atoms with Gasteiger partial charge in [0.2, 0.25) is 0 Å². The zero-order valence-corrected chi connectivity index (χ0v) is 12.7. The Morgan fingerprint density at radius 2 is 2.09 bits per heavy atom. The molecule has 0 spiro atoms. The molecule has 0 bridgehead atoms. The Morgan fingerprint density at radius 1 is 1.36 bits per heavy atom. The molecule has 1 aromatic carbocycles. The molecule has 0 aliphatic carbocycles. The maximum absolute atomic E-state index is 14.1. The monoisotopic (exact) mass is 321 g/mol. The van der Waals surface area contributed by atoms with Crippen LogP contribution in [0.15, 0.2) is 28.4 Å². The van der Waals surface area contributed by atoms with Gasteiger partial charge in [-0.2, -0.15) is 0 Å². The molecule has 4 nitrogen and oxygen atoms in total. The van der Waals surface area contributed by atoms with Gasteiger partial charge in [0.1, 0.15) is 0 Å². The zero-order valence-electron chi connectivity index (χ0n) is 11.9. The number of rotatable bonds is 2. The van der Waals surface area contributed by atoms with Crippen LogP contribution in [0.3, 0.4) is 0 Å². The number of fused-ring (bicyclic) bond motifs is 1. The van der Waals surface area contributed by atoms with E-state index in [1.807, 2.05) is 0 Å². The van der Waals surface area contributed by atoms with Crippen LogP contribution in [0.5, 0.6) is 0 Å². The Morgan fingerprint density at radius 3 is 2.77 bits per heavy atom. The summed E-state index contributed by atoms with van der Waals surface area (Å²) in [6.45, 7) is 3.41. The van der Waals surface area contributed by atoms with Crippen molar-refractivity contribution in [1.82, 2.24) is 9.38 Å². The molecule has 22 heavy (non-hydrogen) atoms. The molecule has 0 saturated carbocycles. The van der Waals surface area contributed by atoms with Crippen molar-refractivity contribution in [2.75, 3.05) is 0 Å². The summed E-state index contributed by atoms with van der Waals surface area (Å²) in [5.74, 6) is -2.09. The van der Waals surface area contributed by atoms with E-state index in [1.54, 1.807) is 19.2 Å². The molecule has 2 heterocycles. The number of halogens is 2. The third kappa shape index (κ3) is 2.13. The number of nitrogens with two attached hydrogens (primary N) is 1. The van der Waals surface area contributed by atoms with Crippen molar-refractivity contribution >= 4 is 16.3 Å². The average molecular weight is 321 g/mol. The molecule has 2 N–H and O–H groups in total. The minimum absolute atomic E-state index is 0.00556. The molecule has 0 radical (unpaired) electrons. The standard InChI is InChI=1S/C15H13F2N3OS/c1-7-6-22-15-19-13(8(2)18)11(14(21)20(7)15)9-4-3-5-10(16)12(9)17/h3-6,8H,18H2,1-2H3. The van der Waals surface area contributed by atoms with Crippen molar-refractivity contribution in [1.29, 1.82) is 0 Å². The van der Waals surface area contributed by atoms with Gasteiger partial charge in [-0.1, -0.05) is 12.1 Å². The second-order valence-electron chi connectivity index (χ2n) is 5.06. The number of hydrogen-bond acceptors (Lipinski definition) is 4. The van der Waals surface area contributed by atoms with Gasteiger partial charge in [-0.15, -0.1) is 11.3 Å². The van der Waals surface area contributed by atoms with Gasteiger partial charge >= 0.3 is 0 Å². The van der Waals surface area contributed by atoms with Crippen molar-refractivity contribution < 1.29 is 8.78 Å². The fourth-order valence-electron chi connectivity index (χ4n) is 2.38. The fraction of sp³-hybridized carbons (Fsp3) is 0.200. The van der Waals surface area contributed by atoms with E-state index < -0.39 is 23.2 Å². The largest absolute Gasteiger partial charge is 0.323 e. The highest BCUT2D eigenvalue weighted by Crippen LogP contribution is 2.28. The molecule has 114 valence electrons. The molecule has 1 atom stereocenters. The summed E-state index contributed by atoms with van der Waals surface area (Å²) >= 11 is 1.30. The van der Waals surface area contributed by atoms with Crippen LogP contribution in [0.2, 0.25) is 0 Å². The molecule has 3 aromatic rings. The Bertz CT molecular complexity index is 930. The first-order chi connectivity index (χ1) is 10.4. The van der Waals surface area contributed by atoms with E-state index in [-0.39, 0.29) is 16.8 Å². The van der Waals surface area contributed by atoms with E-state index in [4.69, 9.17) is 5.73 Å². The van der Waals surface area contributed by atoms with Gasteiger partial charge < -0.3 is 5.73 Å². The van der Waals surface area contributed by atoms with Crippen LogP contribution in [-0.2, 0) is 0 Å². The minimum Gasteiger partial charge on any atom is -0.323 e. The van der Waals surface area contributed by atoms with Gasteiger partial charge in [0.25, 0.3) is 5.56 Å². The number of hydrogen-bond donors (Lipinski definition) is 1. The van der Waals surface area contributed by atoms with Crippen LogP contribution in [-0.4, -0.2) is 9.38 Å². The van der Waals surface area contributed by atoms with E-state index >= 15 is 0 Å². The average Bonchev–Trinajstić information content (AvgIpc) is 2.84. The molecule has 7 heteroatoms. The molecule has 0 aliphatic heterocycles. The third-order valence-electron chi connectivity index (χ3n) is 3.42. The van der Waals surface area contributed by atoms with E-state index in [0.29, 0.717) is 10.7 Å². The highest BCUT2D eigenvalue weighted by Gasteiger charge is 2.22. The lowest BCUT2D eigenvalue weighted by Crippen LogP contribution is -2.23. The second kappa shape index (κ2) is 5.26. The molecule has 1 unspecified atom stereocenters. The first-order valence-corrected chi connectivity index (χ1v) is 7.50. The molecule has 0 amide bonds. The summed E-state index contributed by atoms with van der Waals surface area (Å²) in [4.78, 5) is 17.6. The first kappa shape index (κ1) is 14.8. The van der Waals surface area contributed by atoms with Crippen LogP contribution in [0.1, 0.15) is 24.4 Å². The van der Waals surface area contributed by atoms with Crippen LogP contribution in [0.25, 0.3) is 16.1 Å². The van der Waals surface area contributed by atoms with Crippen LogP contribution >= 0.6 is 11.3 Å². The maximum Gasteiger partial charge on any atom is 0.267 e. The van der Waals surface area contributed by atoms with Crippen LogP contribution < -0.4 is 11.3 Å². The Labute approximate surface area is 128 Å². The molecule has 0 aliphatic rings. The number of benzene rings is 1. The SMILES string of the molecule is Cc1csc2nc(C(C)N)c(-c3cccc(F)c3F)c(=O)n12. The lowest BCUT2D eigenvalue weighted by atomic mass is 10.0. The fourth-order valence-corrected chi connectivity index (χ4v) is 3.24. The van der Waals surface area contributed by atoms with Crippen molar-refractivity contribution in [3.63, 3.8) is 0 Å². The number of nitrogens with zero attached hydrogens (tertiary/aromatic N) is 2. The zero-order chi connectivity index (χ0) is 16.0. The molecular formula is C15H13F2N3OS. The Hall–Kier alpha value is -2.12. The summed E-state index contributed by atoms with van der Waals surface area (Å²) in [5.41, 5.74) is 6.27. The van der Waals surface area contributed by atoms with Crippen molar-refractivity contribution in [2.45, 2.75) is 19.9 Å². The normalized spacial score (nSPS) is 12.8. The summed E-state index contributed by atoms with van der Waals surface area (Å²) in [5, 5.41) is 1.78. The molecule has 2 aromatic heterocycles. The van der Waals surface area contributed by atoms with Gasteiger partial charge in [0, 0.05) is 22.7 Å². The van der Waals surface area contributed by atoms with E-state index in [1.165, 1.54) is 27.9 Å². The summed E-state index contributed by atoms with van der Waals surface area (Å²) in [7, 11) is 0. The summed E-state index contributed by atoms with van der Waals surface area (Å²) < 4.78 is 29.1. The third-order valence-corrected chi connectivity index (χ3v) is 4.36. The molecule has 0 saturated heterocycles. The molecular weight excluding hydrogens is 308 g/mol. The highest BCUT2D eigenvalue weighted by atomic mass is 32.1. The molecule has 3 rings (SSSR count). The van der Waals surface area contributed by atoms with Gasteiger partial charge in [-0.25, -0.2) is 13.8 Å².